The van der Waals surface area contributed by atoms with Gasteiger partial charge in [0.25, 0.3) is 0 Å². The number of amides is 2. The van der Waals surface area contributed by atoms with Crippen LogP contribution in [-0.4, -0.2) is 18.8 Å². The summed E-state index contributed by atoms with van der Waals surface area (Å²) in [6, 6.07) is 18.3. The first-order chi connectivity index (χ1) is 12.2. The molecule has 0 saturated heterocycles. The topological polar surface area (TPSA) is 76.7 Å². The van der Waals surface area contributed by atoms with E-state index in [4.69, 9.17) is 9.47 Å². The van der Waals surface area contributed by atoms with Crippen molar-refractivity contribution in [3.63, 3.8) is 0 Å². The lowest BCUT2D eigenvalue weighted by Crippen LogP contribution is -2.41. The molecule has 0 radical (unpaired) electrons. The van der Waals surface area contributed by atoms with Crippen LogP contribution in [0.25, 0.3) is 0 Å². The molecule has 0 spiro atoms. The van der Waals surface area contributed by atoms with E-state index in [1.165, 1.54) is 6.08 Å². The number of alkyl carbamates (subject to hydrolysis) is 2. The molecule has 0 aliphatic heterocycles. The summed E-state index contributed by atoms with van der Waals surface area (Å²) in [7, 11) is 0. The maximum Gasteiger partial charge on any atom is 0.409 e. The number of hydrogen-bond donors (Lipinski definition) is 2. The molecule has 25 heavy (non-hydrogen) atoms. The molecule has 0 aliphatic rings. The molecule has 130 valence electrons. The zero-order valence-electron chi connectivity index (χ0n) is 13.7. The Morgan fingerprint density at radius 2 is 1.48 bits per heavy atom. The monoisotopic (exact) mass is 340 g/mol. The van der Waals surface area contributed by atoms with E-state index in [2.05, 4.69) is 17.2 Å². The van der Waals surface area contributed by atoms with Crippen molar-refractivity contribution in [3.05, 3.63) is 84.4 Å². The maximum atomic E-state index is 12.1. The molecule has 0 bridgehead atoms. The predicted octanol–water partition coefficient (Wildman–Crippen LogP) is 3.52. The summed E-state index contributed by atoms with van der Waals surface area (Å²) in [5, 5.41) is 5.19. The minimum atomic E-state index is -0.776. The lowest BCUT2D eigenvalue weighted by Gasteiger charge is -2.20. The number of carbonyl (C=O) groups excluding carboxylic acids is 2. The van der Waals surface area contributed by atoms with Crippen LogP contribution < -0.4 is 10.6 Å². The van der Waals surface area contributed by atoms with E-state index in [0.717, 1.165) is 5.56 Å². The minimum Gasteiger partial charge on any atom is -0.445 e. The van der Waals surface area contributed by atoms with E-state index in [-0.39, 0.29) is 13.2 Å². The molecular formula is C19H20N2O4. The summed E-state index contributed by atoms with van der Waals surface area (Å²) in [5.74, 6) is 0. The van der Waals surface area contributed by atoms with Gasteiger partial charge < -0.3 is 9.47 Å². The van der Waals surface area contributed by atoms with Crippen molar-refractivity contribution in [2.75, 3.05) is 6.61 Å². The zero-order chi connectivity index (χ0) is 17.9. The molecule has 2 aromatic carbocycles. The molecule has 0 aromatic heterocycles. The van der Waals surface area contributed by atoms with Gasteiger partial charge in [0, 0.05) is 0 Å². The largest absolute Gasteiger partial charge is 0.445 e. The third-order valence-electron chi connectivity index (χ3n) is 3.20. The van der Waals surface area contributed by atoms with Crippen LogP contribution in [0.2, 0.25) is 0 Å². The zero-order valence-corrected chi connectivity index (χ0v) is 13.7. The summed E-state index contributed by atoms with van der Waals surface area (Å²) >= 11 is 0. The summed E-state index contributed by atoms with van der Waals surface area (Å²) in [6.45, 7) is 3.69. The third-order valence-corrected chi connectivity index (χ3v) is 3.20. The number of benzene rings is 2. The molecule has 2 N–H and O–H groups in total. The highest BCUT2D eigenvalue weighted by atomic mass is 16.6. The fourth-order valence-electron chi connectivity index (χ4n) is 2.03. The first-order valence-corrected chi connectivity index (χ1v) is 7.75. The van der Waals surface area contributed by atoms with Crippen LogP contribution >= 0.6 is 0 Å². The number of hydrogen-bond acceptors (Lipinski definition) is 4. The van der Waals surface area contributed by atoms with Gasteiger partial charge in [0.2, 0.25) is 0 Å². The van der Waals surface area contributed by atoms with E-state index < -0.39 is 18.4 Å². The number of carbonyl (C=O) groups is 2. The molecule has 2 amide bonds. The standard InChI is InChI=1S/C19H20N2O4/c1-2-13-24-18(22)20-17(16-11-7-4-8-12-16)21-19(23)25-14-15-9-5-3-6-10-15/h2-12,17H,1,13-14H2,(H,20,22)(H,21,23)/t17-/m0/s1. The lowest BCUT2D eigenvalue weighted by atomic mass is 10.2. The van der Waals surface area contributed by atoms with Gasteiger partial charge in [-0.3, -0.25) is 10.6 Å². The lowest BCUT2D eigenvalue weighted by molar-refractivity contribution is 0.128. The van der Waals surface area contributed by atoms with Crippen LogP contribution in [0.3, 0.4) is 0 Å². The van der Waals surface area contributed by atoms with Crippen molar-refractivity contribution in [1.29, 1.82) is 0 Å². The van der Waals surface area contributed by atoms with E-state index in [0.29, 0.717) is 5.56 Å². The van der Waals surface area contributed by atoms with Gasteiger partial charge >= 0.3 is 12.2 Å². The van der Waals surface area contributed by atoms with Crippen LogP contribution in [-0.2, 0) is 16.1 Å². The van der Waals surface area contributed by atoms with Crippen molar-refractivity contribution < 1.29 is 19.1 Å². The Morgan fingerprint density at radius 1 is 0.920 bits per heavy atom. The molecule has 0 saturated carbocycles. The SMILES string of the molecule is C=CCOC(=O)N[C@@H](NC(=O)OCc1ccccc1)c1ccccc1. The van der Waals surface area contributed by atoms with Gasteiger partial charge in [-0.05, 0) is 11.1 Å². The summed E-state index contributed by atoms with van der Waals surface area (Å²) in [4.78, 5) is 23.8. The minimum absolute atomic E-state index is 0.0752. The molecule has 2 aromatic rings. The van der Waals surface area contributed by atoms with E-state index in [1.54, 1.807) is 24.3 Å². The summed E-state index contributed by atoms with van der Waals surface area (Å²) in [6.07, 6.45) is -0.640. The Kier molecular flexibility index (Phi) is 7.06. The van der Waals surface area contributed by atoms with Gasteiger partial charge in [0.15, 0.2) is 0 Å². The van der Waals surface area contributed by atoms with Crippen molar-refractivity contribution in [2.45, 2.75) is 12.8 Å². The molecule has 0 aliphatic carbocycles. The van der Waals surface area contributed by atoms with Gasteiger partial charge in [0.1, 0.15) is 19.4 Å². The average Bonchev–Trinajstić information content (AvgIpc) is 2.66. The molecular weight excluding hydrogens is 320 g/mol. The highest BCUT2D eigenvalue weighted by Gasteiger charge is 2.18. The fraction of sp³-hybridized carbons (Fsp3) is 0.158. The fourth-order valence-corrected chi connectivity index (χ4v) is 2.03. The summed E-state index contributed by atoms with van der Waals surface area (Å²) in [5.41, 5.74) is 1.56. The van der Waals surface area contributed by atoms with Crippen LogP contribution in [0, 0.1) is 0 Å². The Hall–Kier alpha value is -3.28. The smallest absolute Gasteiger partial charge is 0.409 e. The van der Waals surface area contributed by atoms with E-state index in [9.17, 15) is 9.59 Å². The average molecular weight is 340 g/mol. The molecule has 6 nitrogen and oxygen atoms in total. The van der Waals surface area contributed by atoms with E-state index >= 15 is 0 Å². The Bertz CT molecular complexity index is 689. The molecule has 2 rings (SSSR count). The highest BCUT2D eigenvalue weighted by molar-refractivity contribution is 5.71. The molecule has 0 fully saturated rings. The summed E-state index contributed by atoms with van der Waals surface area (Å²) < 4.78 is 10.1. The molecule has 0 heterocycles. The Balaban J connectivity index is 1.96. The van der Waals surface area contributed by atoms with Crippen LogP contribution in [0.1, 0.15) is 17.3 Å². The normalized spacial score (nSPS) is 11.0. The first-order valence-electron chi connectivity index (χ1n) is 7.75. The van der Waals surface area contributed by atoms with Crippen molar-refractivity contribution >= 4 is 12.2 Å². The molecule has 6 heteroatoms. The van der Waals surface area contributed by atoms with Crippen molar-refractivity contribution in [1.82, 2.24) is 10.6 Å². The van der Waals surface area contributed by atoms with Crippen LogP contribution in [0.5, 0.6) is 0 Å². The van der Waals surface area contributed by atoms with Crippen LogP contribution in [0.15, 0.2) is 73.3 Å². The van der Waals surface area contributed by atoms with Crippen molar-refractivity contribution in [2.24, 2.45) is 0 Å². The van der Waals surface area contributed by atoms with Gasteiger partial charge in [-0.15, -0.1) is 0 Å². The second-order valence-corrected chi connectivity index (χ2v) is 5.08. The van der Waals surface area contributed by atoms with Crippen LogP contribution in [0.4, 0.5) is 9.59 Å². The predicted molar refractivity (Wildman–Crippen MR) is 93.6 cm³/mol. The Morgan fingerprint density at radius 3 is 2.08 bits per heavy atom. The van der Waals surface area contributed by atoms with E-state index in [1.807, 2.05) is 36.4 Å². The van der Waals surface area contributed by atoms with Gasteiger partial charge in [-0.1, -0.05) is 73.3 Å². The number of rotatable bonds is 7. The number of ether oxygens (including phenoxy) is 2. The Labute approximate surface area is 146 Å². The number of nitrogens with one attached hydrogen (secondary N) is 2. The van der Waals surface area contributed by atoms with Crippen molar-refractivity contribution in [3.8, 4) is 0 Å². The third kappa shape index (κ3) is 6.39. The highest BCUT2D eigenvalue weighted by Crippen LogP contribution is 2.10. The first kappa shape index (κ1) is 18.1. The molecule has 0 unspecified atom stereocenters. The van der Waals surface area contributed by atoms with Gasteiger partial charge in [0.05, 0.1) is 0 Å². The van der Waals surface area contributed by atoms with Gasteiger partial charge in [-0.25, -0.2) is 9.59 Å². The molecule has 1 atom stereocenters. The van der Waals surface area contributed by atoms with Gasteiger partial charge in [-0.2, -0.15) is 0 Å². The quantitative estimate of drug-likeness (QED) is 0.597. The second kappa shape index (κ2) is 9.77. The maximum absolute atomic E-state index is 12.1. The second-order valence-electron chi connectivity index (χ2n) is 5.08.